The monoisotopic (exact) mass is 534 g/mol. The first-order chi connectivity index (χ1) is 14.3. The van der Waals surface area contributed by atoms with Gasteiger partial charge in [0.1, 0.15) is 6.54 Å². The number of nitrogens with zero attached hydrogens (tertiary/aromatic N) is 1. The van der Waals surface area contributed by atoms with Gasteiger partial charge in [-0.25, -0.2) is 21.9 Å². The summed E-state index contributed by atoms with van der Waals surface area (Å²) < 4.78 is 167. The van der Waals surface area contributed by atoms with Gasteiger partial charge in [-0.1, -0.05) is 0 Å². The molecule has 0 aliphatic heterocycles. The fourth-order valence-electron chi connectivity index (χ4n) is 2.45. The smallest absolute Gasteiger partial charge is 0.460 e. The Kier molecular flexibility index (Phi) is 9.62. The van der Waals surface area contributed by atoms with Gasteiger partial charge in [-0.15, -0.1) is 0 Å². The molecule has 0 aromatic rings. The van der Waals surface area contributed by atoms with Crippen LogP contribution in [-0.4, -0.2) is 88.2 Å². The minimum Gasteiger partial charge on any atom is -0.544 e. The molecular formula is C15H21F11N2O4S. The Morgan fingerprint density at radius 3 is 1.82 bits per heavy atom. The van der Waals surface area contributed by atoms with Crippen molar-refractivity contribution in [3.05, 3.63) is 0 Å². The second-order valence-corrected chi connectivity index (χ2v) is 9.82. The second kappa shape index (κ2) is 10.1. The van der Waals surface area contributed by atoms with E-state index in [1.54, 1.807) is 4.72 Å². The summed E-state index contributed by atoms with van der Waals surface area (Å²) in [6, 6.07) is 0. The highest BCUT2D eigenvalue weighted by molar-refractivity contribution is 7.89. The van der Waals surface area contributed by atoms with Crippen molar-refractivity contribution < 1.29 is 71.1 Å². The topological polar surface area (TPSA) is 86.3 Å². The molecule has 0 bridgehead atoms. The van der Waals surface area contributed by atoms with Crippen LogP contribution in [0.1, 0.15) is 19.3 Å². The molecule has 6 nitrogen and oxygen atoms in total. The molecule has 0 spiro atoms. The van der Waals surface area contributed by atoms with E-state index in [0.717, 1.165) is 0 Å². The Bertz CT molecular complexity index is 783. The van der Waals surface area contributed by atoms with Crippen LogP contribution in [0, 0.1) is 0 Å². The number of carboxylic acids is 1. The van der Waals surface area contributed by atoms with Crippen LogP contribution in [0.25, 0.3) is 0 Å². The summed E-state index contributed by atoms with van der Waals surface area (Å²) in [6.45, 7) is -0.790. The summed E-state index contributed by atoms with van der Waals surface area (Å²) in [6.07, 6.45) is -12.7. The van der Waals surface area contributed by atoms with Crippen LogP contribution in [0.5, 0.6) is 0 Å². The largest absolute Gasteiger partial charge is 0.544 e. The normalized spacial score (nSPS) is 15.1. The number of alkyl halides is 11. The molecule has 0 atom stereocenters. The number of hydrogen-bond acceptors (Lipinski definition) is 4. The van der Waals surface area contributed by atoms with E-state index >= 15 is 0 Å². The maximum absolute atomic E-state index is 13.6. The van der Waals surface area contributed by atoms with E-state index in [1.165, 1.54) is 14.1 Å². The van der Waals surface area contributed by atoms with Crippen LogP contribution >= 0.6 is 0 Å². The summed E-state index contributed by atoms with van der Waals surface area (Å²) in [5, 5.41) is 10.5. The summed E-state index contributed by atoms with van der Waals surface area (Å²) in [5.41, 5.74) is 0. The van der Waals surface area contributed by atoms with Crippen LogP contribution in [0.15, 0.2) is 0 Å². The number of aliphatic carboxylic acids is 1. The first-order valence-electron chi connectivity index (χ1n) is 8.86. The van der Waals surface area contributed by atoms with E-state index < -0.39 is 77.5 Å². The highest BCUT2D eigenvalue weighted by Gasteiger charge is 2.82. The lowest BCUT2D eigenvalue weighted by atomic mass is 9.97. The molecule has 0 fully saturated rings. The molecule has 0 aromatic carbocycles. The molecule has 0 rings (SSSR count). The van der Waals surface area contributed by atoms with E-state index in [1.807, 2.05) is 0 Å². The average molecular weight is 534 g/mol. The zero-order valence-electron chi connectivity index (χ0n) is 17.1. The first-order valence-corrected chi connectivity index (χ1v) is 10.5. The van der Waals surface area contributed by atoms with Crippen LogP contribution < -0.4 is 9.83 Å². The van der Waals surface area contributed by atoms with Crippen LogP contribution in [0.2, 0.25) is 0 Å². The molecule has 0 aliphatic carbocycles. The van der Waals surface area contributed by atoms with Gasteiger partial charge in [0.25, 0.3) is 5.92 Å². The third-order valence-corrected chi connectivity index (χ3v) is 5.63. The van der Waals surface area contributed by atoms with E-state index in [-0.39, 0.29) is 17.4 Å². The number of carbonyl (C=O) groups excluding carboxylic acids is 1. The predicted octanol–water partition coefficient (Wildman–Crippen LogP) is 2.01. The molecule has 198 valence electrons. The van der Waals surface area contributed by atoms with Gasteiger partial charge in [0.15, 0.2) is 0 Å². The van der Waals surface area contributed by atoms with Crippen molar-refractivity contribution in [3.63, 3.8) is 0 Å². The number of sulfonamides is 1. The van der Waals surface area contributed by atoms with E-state index in [4.69, 9.17) is 0 Å². The lowest BCUT2D eigenvalue weighted by molar-refractivity contribution is -0.884. The summed E-state index contributed by atoms with van der Waals surface area (Å²) in [5.74, 6) is -29.2. The zero-order chi connectivity index (χ0) is 26.7. The summed E-state index contributed by atoms with van der Waals surface area (Å²) >= 11 is 0. The predicted molar refractivity (Wildman–Crippen MR) is 88.3 cm³/mol. The Morgan fingerprint density at radius 2 is 1.39 bits per heavy atom. The number of rotatable bonds is 14. The molecule has 0 amide bonds. The van der Waals surface area contributed by atoms with Crippen LogP contribution in [-0.2, 0) is 14.8 Å². The second-order valence-electron chi connectivity index (χ2n) is 7.89. The van der Waals surface area contributed by atoms with Gasteiger partial charge in [0.05, 0.1) is 38.8 Å². The minimum absolute atomic E-state index is 0.0211. The maximum atomic E-state index is 13.6. The fraction of sp³-hybridized carbons (Fsp3) is 0.933. The van der Waals surface area contributed by atoms with Crippen LogP contribution in [0.4, 0.5) is 48.3 Å². The number of halogens is 11. The number of nitrogens with one attached hydrogen (secondary N) is 1. The maximum Gasteiger partial charge on any atom is 0.460 e. The number of carboxylic acid groups (broad SMARTS) is 1. The van der Waals surface area contributed by atoms with Gasteiger partial charge in [-0.2, -0.15) is 39.5 Å². The third kappa shape index (κ3) is 9.03. The SMILES string of the molecule is C[N+](C)(CCCNS(=O)(=O)CCC(F)(F)CC(F)(F)C(F)(F)C(F)(F)C(F)(F)F)CC(=O)[O-]. The van der Waals surface area contributed by atoms with Crippen molar-refractivity contribution in [1.82, 2.24) is 4.72 Å². The van der Waals surface area contributed by atoms with Gasteiger partial charge in [-0.05, 0) is 0 Å². The van der Waals surface area contributed by atoms with Crippen molar-refractivity contribution in [2.45, 2.75) is 49.1 Å². The Labute approximate surface area is 181 Å². The molecule has 0 aliphatic rings. The quantitative estimate of drug-likeness (QED) is 0.210. The van der Waals surface area contributed by atoms with Gasteiger partial charge >= 0.3 is 23.9 Å². The molecule has 0 unspecified atom stereocenters. The molecule has 18 heteroatoms. The number of carbonyl (C=O) groups is 1. The van der Waals surface area contributed by atoms with E-state index in [2.05, 4.69) is 0 Å². The van der Waals surface area contributed by atoms with E-state index in [9.17, 15) is 66.6 Å². The molecule has 0 radical (unpaired) electrons. The zero-order valence-corrected chi connectivity index (χ0v) is 17.9. The molecule has 1 N–H and O–H groups in total. The standard InChI is InChI=1S/C15H21F11N2O4S/c1-28(2,8-10(29)30)6-3-5-27-33(31,32)7-4-11(16,17)9-12(18,19)13(20,21)14(22,23)15(24,25)26/h27H,3-9H2,1-2H3. The van der Waals surface area contributed by atoms with Gasteiger partial charge in [0, 0.05) is 19.4 Å². The minimum atomic E-state index is -7.34. The van der Waals surface area contributed by atoms with Gasteiger partial charge in [0.2, 0.25) is 10.0 Å². The molecule has 0 aromatic heterocycles. The van der Waals surface area contributed by atoms with Crippen molar-refractivity contribution >= 4 is 16.0 Å². The van der Waals surface area contributed by atoms with Crippen LogP contribution in [0.3, 0.4) is 0 Å². The van der Waals surface area contributed by atoms with Gasteiger partial charge in [-0.3, -0.25) is 0 Å². The highest BCUT2D eigenvalue weighted by Crippen LogP contribution is 2.55. The Hall–Kier alpha value is -1.43. The first kappa shape index (κ1) is 31.6. The molecular weight excluding hydrogens is 513 g/mol. The molecule has 0 heterocycles. The molecule has 0 saturated heterocycles. The fourth-order valence-corrected chi connectivity index (χ4v) is 3.62. The van der Waals surface area contributed by atoms with Gasteiger partial charge < -0.3 is 14.4 Å². The lowest BCUT2D eigenvalue weighted by Crippen LogP contribution is -2.61. The third-order valence-electron chi connectivity index (χ3n) is 4.25. The van der Waals surface area contributed by atoms with Crippen molar-refractivity contribution in [2.24, 2.45) is 0 Å². The Morgan fingerprint density at radius 1 is 0.909 bits per heavy atom. The Balaban J connectivity index is 5.02. The molecule has 0 saturated carbocycles. The number of quaternary nitrogens is 1. The summed E-state index contributed by atoms with van der Waals surface area (Å²) in [4.78, 5) is 10.5. The summed E-state index contributed by atoms with van der Waals surface area (Å²) in [7, 11) is -1.73. The highest BCUT2D eigenvalue weighted by atomic mass is 32.2. The van der Waals surface area contributed by atoms with E-state index in [0.29, 0.717) is 0 Å². The molecule has 33 heavy (non-hydrogen) atoms. The van der Waals surface area contributed by atoms with Crippen molar-refractivity contribution in [3.8, 4) is 0 Å². The lowest BCUT2D eigenvalue weighted by Gasteiger charge is -2.35. The van der Waals surface area contributed by atoms with Crippen molar-refractivity contribution in [2.75, 3.05) is 39.5 Å². The van der Waals surface area contributed by atoms with Crippen molar-refractivity contribution in [1.29, 1.82) is 0 Å². The average Bonchev–Trinajstić information content (AvgIpc) is 2.54. The number of likely N-dealkylation sites (N-methyl/N-ethyl adjacent to an activating group) is 1. The number of hydrogen-bond donors (Lipinski definition) is 1.